The Balaban J connectivity index is 2.29. The lowest BCUT2D eigenvalue weighted by Gasteiger charge is -1.99. The zero-order valence-electron chi connectivity index (χ0n) is 6.95. The van der Waals surface area contributed by atoms with Crippen molar-refractivity contribution in [3.63, 3.8) is 0 Å². The van der Waals surface area contributed by atoms with Crippen LogP contribution in [0.4, 0.5) is 0 Å². The van der Waals surface area contributed by atoms with E-state index in [2.05, 4.69) is 15.5 Å². The summed E-state index contributed by atoms with van der Waals surface area (Å²) in [6.45, 7) is 2.12. The van der Waals surface area contributed by atoms with Crippen molar-refractivity contribution in [3.05, 3.63) is 24.0 Å². The Kier molecular flexibility index (Phi) is 3.19. The predicted molar refractivity (Wildman–Crippen MR) is 44.4 cm³/mol. The normalized spacial score (nSPS) is 9.42. The van der Waals surface area contributed by atoms with E-state index in [-0.39, 0.29) is 5.91 Å². The van der Waals surface area contributed by atoms with Crippen molar-refractivity contribution < 1.29 is 4.79 Å². The first-order chi connectivity index (χ1) is 5.79. The maximum absolute atomic E-state index is 10.5. The molecule has 4 heteroatoms. The molecule has 0 saturated carbocycles. The minimum Gasteiger partial charge on any atom is -0.356 e. The third-order valence-electron chi connectivity index (χ3n) is 1.38. The van der Waals surface area contributed by atoms with Crippen LogP contribution >= 0.6 is 0 Å². The molecule has 12 heavy (non-hydrogen) atoms. The van der Waals surface area contributed by atoms with E-state index in [1.54, 1.807) is 6.20 Å². The third-order valence-corrected chi connectivity index (χ3v) is 1.38. The van der Waals surface area contributed by atoms with Gasteiger partial charge in [-0.25, -0.2) is 0 Å². The van der Waals surface area contributed by atoms with E-state index in [4.69, 9.17) is 0 Å². The van der Waals surface area contributed by atoms with Gasteiger partial charge in [0.1, 0.15) is 0 Å². The second-order valence-corrected chi connectivity index (χ2v) is 2.45. The molecule has 0 aliphatic carbocycles. The minimum absolute atomic E-state index is 0.0149. The topological polar surface area (TPSA) is 54.9 Å². The van der Waals surface area contributed by atoms with Crippen LogP contribution in [0.3, 0.4) is 0 Å². The van der Waals surface area contributed by atoms with Crippen LogP contribution in [0.25, 0.3) is 0 Å². The molecule has 0 saturated heterocycles. The highest BCUT2D eigenvalue weighted by Gasteiger charge is 1.94. The fraction of sp³-hybridized carbons (Fsp3) is 0.375. The molecule has 0 atom stereocenters. The molecule has 1 aromatic rings. The molecule has 1 amide bonds. The molecule has 1 aromatic heterocycles. The van der Waals surface area contributed by atoms with Crippen LogP contribution in [-0.2, 0) is 11.2 Å². The maximum Gasteiger partial charge on any atom is 0.216 e. The first-order valence-electron chi connectivity index (χ1n) is 3.80. The van der Waals surface area contributed by atoms with Crippen LogP contribution in [0.5, 0.6) is 0 Å². The highest BCUT2D eigenvalue weighted by molar-refractivity contribution is 5.72. The van der Waals surface area contributed by atoms with E-state index in [1.807, 2.05) is 12.1 Å². The Bertz CT molecular complexity index is 248. The zero-order valence-corrected chi connectivity index (χ0v) is 6.95. The number of rotatable bonds is 3. The van der Waals surface area contributed by atoms with E-state index in [0.29, 0.717) is 6.54 Å². The summed E-state index contributed by atoms with van der Waals surface area (Å²) in [5, 5.41) is 10.3. The Morgan fingerprint density at radius 2 is 2.50 bits per heavy atom. The standard InChI is InChI=1S/C8H11N3O/c1-7(12)9-6-4-8-3-2-5-10-11-8/h2-3,5H,4,6H2,1H3,(H,9,12). The molecule has 0 fully saturated rings. The highest BCUT2D eigenvalue weighted by Crippen LogP contribution is 1.90. The SMILES string of the molecule is CC(=O)NCCc1cccnn1. The van der Waals surface area contributed by atoms with Gasteiger partial charge in [0.2, 0.25) is 5.91 Å². The van der Waals surface area contributed by atoms with Crippen molar-refractivity contribution in [2.45, 2.75) is 13.3 Å². The molecule has 0 unspecified atom stereocenters. The van der Waals surface area contributed by atoms with Crippen molar-refractivity contribution in [2.24, 2.45) is 0 Å². The van der Waals surface area contributed by atoms with Gasteiger partial charge >= 0.3 is 0 Å². The van der Waals surface area contributed by atoms with E-state index < -0.39 is 0 Å². The third kappa shape index (κ3) is 3.09. The fourth-order valence-electron chi connectivity index (χ4n) is 0.833. The molecule has 0 aliphatic heterocycles. The second-order valence-electron chi connectivity index (χ2n) is 2.45. The van der Waals surface area contributed by atoms with Crippen LogP contribution in [0.1, 0.15) is 12.6 Å². The number of nitrogens with one attached hydrogen (secondary N) is 1. The summed E-state index contributed by atoms with van der Waals surface area (Å²) in [5.41, 5.74) is 0.895. The molecule has 1 heterocycles. The van der Waals surface area contributed by atoms with Crippen LogP contribution in [-0.4, -0.2) is 22.6 Å². The van der Waals surface area contributed by atoms with Gasteiger partial charge in [0.15, 0.2) is 0 Å². The number of hydrogen-bond acceptors (Lipinski definition) is 3. The zero-order chi connectivity index (χ0) is 8.81. The van der Waals surface area contributed by atoms with Crippen molar-refractivity contribution in [1.29, 1.82) is 0 Å². The van der Waals surface area contributed by atoms with Gasteiger partial charge < -0.3 is 5.32 Å². The summed E-state index contributed by atoms with van der Waals surface area (Å²) in [5.74, 6) is -0.0149. The number of nitrogens with zero attached hydrogens (tertiary/aromatic N) is 2. The van der Waals surface area contributed by atoms with Gasteiger partial charge in [0.05, 0.1) is 5.69 Å². The fourth-order valence-corrected chi connectivity index (χ4v) is 0.833. The first-order valence-corrected chi connectivity index (χ1v) is 3.80. The molecule has 0 radical (unpaired) electrons. The Hall–Kier alpha value is -1.45. The lowest BCUT2D eigenvalue weighted by atomic mass is 10.3. The predicted octanol–water partition coefficient (Wildman–Crippen LogP) is 0.155. The van der Waals surface area contributed by atoms with Crippen molar-refractivity contribution in [1.82, 2.24) is 15.5 Å². The number of carbonyl (C=O) groups excluding carboxylic acids is 1. The molecule has 0 aliphatic rings. The van der Waals surface area contributed by atoms with E-state index in [0.717, 1.165) is 12.1 Å². The van der Waals surface area contributed by atoms with Gasteiger partial charge in [-0.3, -0.25) is 4.79 Å². The molecule has 1 N–H and O–H groups in total. The lowest BCUT2D eigenvalue weighted by molar-refractivity contribution is -0.118. The van der Waals surface area contributed by atoms with Crippen LogP contribution in [0.15, 0.2) is 18.3 Å². The van der Waals surface area contributed by atoms with E-state index in [9.17, 15) is 4.79 Å². The highest BCUT2D eigenvalue weighted by atomic mass is 16.1. The van der Waals surface area contributed by atoms with Gasteiger partial charge in [-0.2, -0.15) is 10.2 Å². The molecule has 0 bridgehead atoms. The van der Waals surface area contributed by atoms with Crippen molar-refractivity contribution in [2.75, 3.05) is 6.54 Å². The van der Waals surface area contributed by atoms with Crippen LogP contribution in [0, 0.1) is 0 Å². The molecule has 4 nitrogen and oxygen atoms in total. The Morgan fingerprint density at radius 1 is 1.67 bits per heavy atom. The molecule has 0 spiro atoms. The molecular formula is C8H11N3O. The summed E-state index contributed by atoms with van der Waals surface area (Å²) in [4.78, 5) is 10.5. The first kappa shape index (κ1) is 8.64. The monoisotopic (exact) mass is 165 g/mol. The average molecular weight is 165 g/mol. The summed E-state index contributed by atoms with van der Waals surface area (Å²) < 4.78 is 0. The van der Waals surface area contributed by atoms with Crippen molar-refractivity contribution >= 4 is 5.91 Å². The molecule has 0 aromatic carbocycles. The van der Waals surface area contributed by atoms with E-state index >= 15 is 0 Å². The summed E-state index contributed by atoms with van der Waals surface area (Å²) >= 11 is 0. The molecular weight excluding hydrogens is 154 g/mol. The quantitative estimate of drug-likeness (QED) is 0.693. The smallest absolute Gasteiger partial charge is 0.216 e. The number of carbonyl (C=O) groups is 1. The molecule has 1 rings (SSSR count). The second kappa shape index (κ2) is 4.43. The van der Waals surface area contributed by atoms with Gasteiger partial charge in [-0.15, -0.1) is 0 Å². The summed E-state index contributed by atoms with van der Waals surface area (Å²) in [7, 11) is 0. The number of aromatic nitrogens is 2. The van der Waals surface area contributed by atoms with Gasteiger partial charge in [0, 0.05) is 26.1 Å². The van der Waals surface area contributed by atoms with Gasteiger partial charge in [-0.1, -0.05) is 0 Å². The average Bonchev–Trinajstić information content (AvgIpc) is 2.05. The molecule has 64 valence electrons. The van der Waals surface area contributed by atoms with Crippen LogP contribution < -0.4 is 5.32 Å². The van der Waals surface area contributed by atoms with Crippen molar-refractivity contribution in [3.8, 4) is 0 Å². The van der Waals surface area contributed by atoms with Gasteiger partial charge in [-0.05, 0) is 12.1 Å². The maximum atomic E-state index is 10.5. The van der Waals surface area contributed by atoms with Crippen LogP contribution in [0.2, 0.25) is 0 Å². The number of hydrogen-bond donors (Lipinski definition) is 1. The Morgan fingerprint density at radius 3 is 3.08 bits per heavy atom. The Labute approximate surface area is 71.0 Å². The number of amides is 1. The van der Waals surface area contributed by atoms with E-state index in [1.165, 1.54) is 6.92 Å². The summed E-state index contributed by atoms with van der Waals surface area (Å²) in [6.07, 6.45) is 2.36. The minimum atomic E-state index is -0.0149. The van der Waals surface area contributed by atoms with Gasteiger partial charge in [0.25, 0.3) is 0 Å². The summed E-state index contributed by atoms with van der Waals surface area (Å²) in [6, 6.07) is 3.71. The lowest BCUT2D eigenvalue weighted by Crippen LogP contribution is -2.22. The largest absolute Gasteiger partial charge is 0.356 e.